The van der Waals surface area contributed by atoms with Crippen LogP contribution in [0, 0.1) is 0 Å². The third-order valence-electron chi connectivity index (χ3n) is 2.49. The Kier molecular flexibility index (Phi) is 2.13. The van der Waals surface area contributed by atoms with Gasteiger partial charge in [0, 0.05) is 12.2 Å². The van der Waals surface area contributed by atoms with Gasteiger partial charge in [0.1, 0.15) is 6.04 Å². The first-order valence-electron chi connectivity index (χ1n) is 4.50. The number of rotatable bonds is 1. The van der Waals surface area contributed by atoms with Crippen LogP contribution in [0.25, 0.3) is 0 Å². The normalized spacial score (nSPS) is 20.1. The number of benzene rings is 1. The molecule has 1 aliphatic rings. The van der Waals surface area contributed by atoms with Crippen molar-refractivity contribution in [3.05, 3.63) is 29.3 Å². The molecule has 0 unspecified atom stereocenters. The number of hydrogen-bond donors (Lipinski definition) is 3. The maximum absolute atomic E-state index is 10.8. The summed E-state index contributed by atoms with van der Waals surface area (Å²) in [5.74, 6) is -0.807. The van der Waals surface area contributed by atoms with Gasteiger partial charge in [-0.15, -0.1) is 0 Å². The molecule has 4 nitrogen and oxygen atoms in total. The van der Waals surface area contributed by atoms with Crippen LogP contribution in [0.2, 0.25) is 0 Å². The Morgan fingerprint density at radius 2 is 2.29 bits per heavy atom. The minimum Gasteiger partial charge on any atom is -0.480 e. The molecule has 1 heterocycles. The van der Waals surface area contributed by atoms with E-state index in [1.165, 1.54) is 0 Å². The highest BCUT2D eigenvalue weighted by Crippen LogP contribution is 2.19. The van der Waals surface area contributed by atoms with Crippen molar-refractivity contribution in [2.75, 3.05) is 5.73 Å². The molecule has 0 radical (unpaired) electrons. The summed E-state index contributed by atoms with van der Waals surface area (Å²) in [5.41, 5.74) is 8.50. The van der Waals surface area contributed by atoms with Crippen LogP contribution in [-0.4, -0.2) is 17.1 Å². The Morgan fingerprint density at radius 3 is 3.00 bits per heavy atom. The lowest BCUT2D eigenvalue weighted by Crippen LogP contribution is -2.41. The Bertz CT molecular complexity index is 376. The number of carboxylic acid groups (broad SMARTS) is 1. The summed E-state index contributed by atoms with van der Waals surface area (Å²) in [6.07, 6.45) is 0.510. The lowest BCUT2D eigenvalue weighted by Gasteiger charge is -2.23. The molecule has 4 N–H and O–H groups in total. The number of nitrogens with two attached hydrogens (primary N) is 1. The van der Waals surface area contributed by atoms with E-state index in [1.54, 1.807) is 0 Å². The standard InChI is InChI=1S/C10H12N2O2/c11-8-2-1-6-5-12-9(10(13)14)4-7(6)3-8/h1-3,9,12H,4-5,11H2,(H,13,14)/t9-/m1/s1. The van der Waals surface area contributed by atoms with Crippen molar-refractivity contribution in [3.63, 3.8) is 0 Å². The fraction of sp³-hybridized carbons (Fsp3) is 0.300. The quantitative estimate of drug-likeness (QED) is 0.562. The summed E-state index contributed by atoms with van der Waals surface area (Å²) in [5, 5.41) is 11.8. The molecule has 0 amide bonds. The SMILES string of the molecule is Nc1ccc2c(c1)C[C@H](C(=O)O)NC2. The molecule has 0 aromatic heterocycles. The number of fused-ring (bicyclic) bond motifs is 1. The van der Waals surface area contributed by atoms with Gasteiger partial charge < -0.3 is 16.2 Å². The first kappa shape index (κ1) is 9.02. The molecule has 14 heavy (non-hydrogen) atoms. The van der Waals surface area contributed by atoms with Gasteiger partial charge in [-0.05, 0) is 29.7 Å². The van der Waals surface area contributed by atoms with Crippen molar-refractivity contribution < 1.29 is 9.90 Å². The summed E-state index contributed by atoms with van der Waals surface area (Å²) in [4.78, 5) is 10.8. The van der Waals surface area contributed by atoms with Gasteiger partial charge in [0.15, 0.2) is 0 Å². The Hall–Kier alpha value is -1.55. The molecule has 0 spiro atoms. The van der Waals surface area contributed by atoms with Crippen LogP contribution in [0.5, 0.6) is 0 Å². The van der Waals surface area contributed by atoms with Gasteiger partial charge in [-0.2, -0.15) is 0 Å². The van der Waals surface area contributed by atoms with E-state index in [-0.39, 0.29) is 0 Å². The van der Waals surface area contributed by atoms with E-state index in [0.717, 1.165) is 11.1 Å². The van der Waals surface area contributed by atoms with E-state index in [4.69, 9.17) is 10.8 Å². The number of hydrogen-bond acceptors (Lipinski definition) is 3. The fourth-order valence-corrected chi connectivity index (χ4v) is 1.71. The first-order valence-corrected chi connectivity index (χ1v) is 4.50. The second-order valence-corrected chi connectivity index (χ2v) is 3.50. The average Bonchev–Trinajstić information content (AvgIpc) is 2.16. The van der Waals surface area contributed by atoms with Gasteiger partial charge in [0.05, 0.1) is 0 Å². The largest absolute Gasteiger partial charge is 0.480 e. The number of anilines is 1. The topological polar surface area (TPSA) is 75.4 Å². The Morgan fingerprint density at radius 1 is 1.50 bits per heavy atom. The number of nitrogen functional groups attached to an aromatic ring is 1. The summed E-state index contributed by atoms with van der Waals surface area (Å²) in [6, 6.07) is 5.15. The molecule has 0 bridgehead atoms. The van der Waals surface area contributed by atoms with Crippen molar-refractivity contribution in [3.8, 4) is 0 Å². The molecule has 0 saturated carbocycles. The van der Waals surface area contributed by atoms with Gasteiger partial charge in [-0.25, -0.2) is 0 Å². The third kappa shape index (κ3) is 1.56. The molecule has 74 valence electrons. The zero-order valence-electron chi connectivity index (χ0n) is 7.66. The minimum absolute atomic E-state index is 0.482. The maximum atomic E-state index is 10.8. The van der Waals surface area contributed by atoms with E-state index in [9.17, 15) is 4.79 Å². The van der Waals surface area contributed by atoms with Crippen LogP contribution >= 0.6 is 0 Å². The lowest BCUT2D eigenvalue weighted by molar-refractivity contribution is -0.139. The minimum atomic E-state index is -0.807. The van der Waals surface area contributed by atoms with E-state index >= 15 is 0 Å². The molecule has 1 aliphatic heterocycles. The van der Waals surface area contributed by atoms with E-state index in [2.05, 4.69) is 5.32 Å². The van der Waals surface area contributed by atoms with Crippen molar-refractivity contribution in [2.45, 2.75) is 19.0 Å². The zero-order valence-corrected chi connectivity index (χ0v) is 7.66. The van der Waals surface area contributed by atoms with Crippen LogP contribution in [0.3, 0.4) is 0 Å². The van der Waals surface area contributed by atoms with E-state index in [0.29, 0.717) is 18.7 Å². The van der Waals surface area contributed by atoms with Crippen molar-refractivity contribution in [2.24, 2.45) is 0 Å². The number of aliphatic carboxylic acids is 1. The average molecular weight is 192 g/mol. The van der Waals surface area contributed by atoms with Crippen LogP contribution in [-0.2, 0) is 17.8 Å². The van der Waals surface area contributed by atoms with Crippen molar-refractivity contribution in [1.29, 1.82) is 0 Å². The smallest absolute Gasteiger partial charge is 0.321 e. The molecular weight excluding hydrogens is 180 g/mol. The monoisotopic (exact) mass is 192 g/mol. The van der Waals surface area contributed by atoms with Crippen LogP contribution < -0.4 is 11.1 Å². The molecule has 0 aliphatic carbocycles. The van der Waals surface area contributed by atoms with Gasteiger partial charge in [0.2, 0.25) is 0 Å². The van der Waals surface area contributed by atoms with Gasteiger partial charge >= 0.3 is 5.97 Å². The maximum Gasteiger partial charge on any atom is 0.321 e. The molecule has 1 aromatic carbocycles. The summed E-state index contributed by atoms with van der Waals surface area (Å²) in [6.45, 7) is 0.604. The molecule has 4 heteroatoms. The van der Waals surface area contributed by atoms with Crippen molar-refractivity contribution in [1.82, 2.24) is 5.32 Å². The second-order valence-electron chi connectivity index (χ2n) is 3.50. The highest BCUT2D eigenvalue weighted by Gasteiger charge is 2.23. The second kappa shape index (κ2) is 3.31. The van der Waals surface area contributed by atoms with Crippen LogP contribution in [0.4, 0.5) is 5.69 Å². The van der Waals surface area contributed by atoms with E-state index in [1.807, 2.05) is 18.2 Å². The fourth-order valence-electron chi connectivity index (χ4n) is 1.71. The zero-order chi connectivity index (χ0) is 10.1. The molecule has 0 saturated heterocycles. The summed E-state index contributed by atoms with van der Waals surface area (Å²) < 4.78 is 0. The molecule has 2 rings (SSSR count). The number of carbonyl (C=O) groups is 1. The lowest BCUT2D eigenvalue weighted by atomic mass is 9.95. The number of carboxylic acids is 1. The van der Waals surface area contributed by atoms with Crippen LogP contribution in [0.1, 0.15) is 11.1 Å². The summed E-state index contributed by atoms with van der Waals surface area (Å²) in [7, 11) is 0. The van der Waals surface area contributed by atoms with E-state index < -0.39 is 12.0 Å². The summed E-state index contributed by atoms with van der Waals surface area (Å²) >= 11 is 0. The van der Waals surface area contributed by atoms with Gasteiger partial charge in [0.25, 0.3) is 0 Å². The van der Waals surface area contributed by atoms with Crippen molar-refractivity contribution >= 4 is 11.7 Å². The molecule has 1 atom stereocenters. The van der Waals surface area contributed by atoms with Crippen LogP contribution in [0.15, 0.2) is 18.2 Å². The van der Waals surface area contributed by atoms with Gasteiger partial charge in [-0.1, -0.05) is 6.07 Å². The first-order chi connectivity index (χ1) is 6.66. The molecule has 1 aromatic rings. The molecular formula is C10H12N2O2. The Labute approximate surface area is 81.7 Å². The molecule has 0 fully saturated rings. The predicted molar refractivity (Wildman–Crippen MR) is 52.8 cm³/mol. The highest BCUT2D eigenvalue weighted by atomic mass is 16.4. The Balaban J connectivity index is 2.29. The highest BCUT2D eigenvalue weighted by molar-refractivity contribution is 5.74. The third-order valence-corrected chi connectivity index (χ3v) is 2.49. The number of nitrogens with one attached hydrogen (secondary N) is 1. The predicted octanol–water partition coefficient (Wildman–Crippen LogP) is 0.368. The van der Waals surface area contributed by atoms with Gasteiger partial charge in [-0.3, -0.25) is 4.79 Å².